The number of carbonyl (C=O) groups excluding carboxylic acids is 3. The number of aliphatic hydroxyl groups excluding tert-OH is 4. The van der Waals surface area contributed by atoms with Gasteiger partial charge in [-0.2, -0.15) is 0 Å². The molecule has 2 aromatic carbocycles. The second-order valence-electron chi connectivity index (χ2n) is 14.0. The molecule has 4 rings (SSSR count). The standard InChI is InChI=1S/C38H53ClN8O9/c39-35-37(41)46-36(40)34(45-35)38(54)44-27-6-3-17-47(20-27,15-1-4-25-7-11-30(12-8-25)55-23-32(52)42-18-28(50)21-48)16-2-5-26-9-13-31(14-10-26)56-24-33(53)43-19-29(51)22-49/h7-14,27-29,48-51H,1-6,15-24H2,(H6-,40,41,42,43,44,46,52,53,54)/p+1. The predicted molar refractivity (Wildman–Crippen MR) is 209 cm³/mol. The summed E-state index contributed by atoms with van der Waals surface area (Å²) in [5.74, 6) is -0.307. The zero-order valence-corrected chi connectivity index (χ0v) is 32.1. The molecule has 3 atom stereocenters. The van der Waals surface area contributed by atoms with Gasteiger partial charge in [-0.25, -0.2) is 9.97 Å². The Morgan fingerprint density at radius 3 is 1.79 bits per heavy atom. The Bertz CT molecular complexity index is 1640. The molecule has 56 heavy (non-hydrogen) atoms. The van der Waals surface area contributed by atoms with Crippen LogP contribution in [0, 0.1) is 0 Å². The van der Waals surface area contributed by atoms with E-state index >= 15 is 0 Å². The smallest absolute Gasteiger partial charge is 0.274 e. The number of aryl methyl sites for hydroxylation is 2. The minimum Gasteiger partial charge on any atom is -0.484 e. The molecule has 0 saturated carbocycles. The maximum absolute atomic E-state index is 13.3. The van der Waals surface area contributed by atoms with Crippen molar-refractivity contribution in [1.82, 2.24) is 25.9 Å². The van der Waals surface area contributed by atoms with E-state index in [4.69, 9.17) is 42.8 Å². The Labute approximate surface area is 330 Å². The van der Waals surface area contributed by atoms with Crippen LogP contribution >= 0.6 is 11.6 Å². The normalized spacial score (nSPS) is 17.7. The van der Waals surface area contributed by atoms with Crippen LogP contribution in [0.5, 0.6) is 11.5 Å². The molecule has 1 aromatic heterocycles. The van der Waals surface area contributed by atoms with E-state index in [-0.39, 0.29) is 54.8 Å². The number of halogens is 1. The summed E-state index contributed by atoms with van der Waals surface area (Å²) in [6.45, 7) is 2.01. The summed E-state index contributed by atoms with van der Waals surface area (Å²) >= 11 is 6.05. The quantitative estimate of drug-likeness (QED) is 0.0605. The number of hydrogen-bond acceptors (Lipinski definition) is 13. The molecule has 1 aliphatic heterocycles. The Hall–Kier alpha value is -4.78. The number of hydrogen-bond donors (Lipinski definition) is 9. The molecule has 0 bridgehead atoms. The van der Waals surface area contributed by atoms with Gasteiger partial charge in [-0.3, -0.25) is 14.4 Å². The average Bonchev–Trinajstić information content (AvgIpc) is 3.19. The number of anilines is 2. The molecule has 0 spiro atoms. The zero-order chi connectivity index (χ0) is 40.5. The summed E-state index contributed by atoms with van der Waals surface area (Å²) in [6.07, 6.45) is 3.07. The van der Waals surface area contributed by atoms with Crippen molar-refractivity contribution >= 4 is 41.0 Å². The van der Waals surface area contributed by atoms with E-state index in [0.717, 1.165) is 80.3 Å². The summed E-state index contributed by atoms with van der Waals surface area (Å²) in [7, 11) is 0. The van der Waals surface area contributed by atoms with Crippen molar-refractivity contribution in [2.24, 2.45) is 0 Å². The molecule has 1 fully saturated rings. The number of aromatic nitrogens is 2. The minimum atomic E-state index is -1.02. The molecule has 0 radical (unpaired) electrons. The second kappa shape index (κ2) is 22.1. The SMILES string of the molecule is Nc1nc(N)c(C(=O)NC2CCC[N+](CCCc3ccc(OCC(=O)NCC(O)CO)cc3)(CCCc3ccc(OCC(=O)NCC(O)CO)cc3)C2)nc1Cl. The van der Waals surface area contributed by atoms with E-state index in [1.807, 2.05) is 48.5 Å². The highest BCUT2D eigenvalue weighted by Crippen LogP contribution is 2.25. The van der Waals surface area contributed by atoms with Crippen LogP contribution in [0.3, 0.4) is 0 Å². The van der Waals surface area contributed by atoms with Gasteiger partial charge in [0.1, 0.15) is 11.5 Å². The lowest BCUT2D eigenvalue weighted by atomic mass is 9.99. The van der Waals surface area contributed by atoms with Crippen LogP contribution in [0.25, 0.3) is 0 Å². The monoisotopic (exact) mass is 801 g/mol. The van der Waals surface area contributed by atoms with Gasteiger partial charge in [0.15, 0.2) is 35.7 Å². The molecular weight excluding hydrogens is 748 g/mol. The van der Waals surface area contributed by atoms with Crippen molar-refractivity contribution in [2.75, 3.05) is 77.2 Å². The molecule has 17 nitrogen and oxygen atoms in total. The highest BCUT2D eigenvalue weighted by molar-refractivity contribution is 6.31. The van der Waals surface area contributed by atoms with Gasteiger partial charge in [0.25, 0.3) is 17.7 Å². The molecule has 306 valence electrons. The van der Waals surface area contributed by atoms with Crippen molar-refractivity contribution in [3.63, 3.8) is 0 Å². The number of nitrogens with two attached hydrogens (primary N) is 2. The minimum absolute atomic E-state index is 0.0446. The number of nitrogen functional groups attached to an aromatic ring is 2. The van der Waals surface area contributed by atoms with E-state index in [0.29, 0.717) is 11.5 Å². The van der Waals surface area contributed by atoms with Crippen molar-refractivity contribution < 1.29 is 48.8 Å². The van der Waals surface area contributed by atoms with E-state index in [1.54, 1.807) is 0 Å². The van der Waals surface area contributed by atoms with E-state index < -0.39 is 43.1 Å². The first-order valence-electron chi connectivity index (χ1n) is 18.7. The first-order chi connectivity index (χ1) is 26.9. The van der Waals surface area contributed by atoms with Crippen LogP contribution in [0.1, 0.15) is 47.3 Å². The topological polar surface area (TPSA) is 264 Å². The van der Waals surface area contributed by atoms with Crippen LogP contribution in [0.15, 0.2) is 48.5 Å². The Balaban J connectivity index is 1.34. The number of benzene rings is 2. The maximum atomic E-state index is 13.3. The lowest BCUT2D eigenvalue weighted by Crippen LogP contribution is -2.60. The highest BCUT2D eigenvalue weighted by Gasteiger charge is 2.35. The number of carbonyl (C=O) groups is 3. The highest BCUT2D eigenvalue weighted by atomic mass is 35.5. The molecule has 2 heterocycles. The molecule has 1 aliphatic rings. The number of piperidine rings is 1. The number of quaternary nitrogens is 1. The molecule has 1 saturated heterocycles. The van der Waals surface area contributed by atoms with Gasteiger partial charge in [0.2, 0.25) is 0 Å². The van der Waals surface area contributed by atoms with Crippen LogP contribution < -0.4 is 36.9 Å². The van der Waals surface area contributed by atoms with Gasteiger partial charge in [0.05, 0.1) is 57.6 Å². The summed E-state index contributed by atoms with van der Waals surface area (Å²) in [6, 6.07) is 15.0. The number of likely N-dealkylation sites (tertiary alicyclic amines) is 1. The lowest BCUT2D eigenvalue weighted by molar-refractivity contribution is -0.933. The van der Waals surface area contributed by atoms with Gasteiger partial charge < -0.3 is 61.8 Å². The number of rotatable bonds is 22. The van der Waals surface area contributed by atoms with Crippen molar-refractivity contribution in [3.05, 3.63) is 70.5 Å². The number of aliphatic hydroxyl groups is 4. The molecule has 3 unspecified atom stereocenters. The third-order valence-electron chi connectivity index (χ3n) is 9.52. The predicted octanol–water partition coefficient (Wildman–Crippen LogP) is -0.0346. The molecule has 11 N–H and O–H groups in total. The first kappa shape index (κ1) is 43.9. The van der Waals surface area contributed by atoms with Gasteiger partial charge >= 0.3 is 0 Å². The number of amides is 3. The fraction of sp³-hybridized carbons (Fsp3) is 0.500. The molecule has 3 aromatic rings. The molecule has 0 aliphatic carbocycles. The summed E-state index contributed by atoms with van der Waals surface area (Å²) < 4.78 is 11.9. The third-order valence-corrected chi connectivity index (χ3v) is 9.80. The van der Waals surface area contributed by atoms with Crippen molar-refractivity contribution in [3.8, 4) is 11.5 Å². The van der Waals surface area contributed by atoms with Gasteiger partial charge in [0, 0.05) is 25.9 Å². The van der Waals surface area contributed by atoms with Crippen LogP contribution in [-0.2, 0) is 22.4 Å². The Kier molecular flexibility index (Phi) is 17.3. The Morgan fingerprint density at radius 1 is 0.804 bits per heavy atom. The molecule has 18 heteroatoms. The van der Waals surface area contributed by atoms with Crippen LogP contribution in [0.2, 0.25) is 5.15 Å². The largest absolute Gasteiger partial charge is 0.484 e. The van der Waals surface area contributed by atoms with E-state index in [1.165, 1.54) is 0 Å². The summed E-state index contributed by atoms with van der Waals surface area (Å²) in [5, 5.41) is 44.6. The number of nitrogens with zero attached hydrogens (tertiary/aromatic N) is 3. The van der Waals surface area contributed by atoms with Gasteiger partial charge in [-0.1, -0.05) is 35.9 Å². The maximum Gasteiger partial charge on any atom is 0.274 e. The molecular formula is C38H54ClN8O9+. The fourth-order valence-electron chi connectivity index (χ4n) is 6.56. The zero-order valence-electron chi connectivity index (χ0n) is 31.4. The summed E-state index contributed by atoms with van der Waals surface area (Å²) in [5.41, 5.74) is 13.8. The number of nitrogens with one attached hydrogen (secondary N) is 3. The van der Waals surface area contributed by atoms with Crippen LogP contribution in [0.4, 0.5) is 11.6 Å². The second-order valence-corrected chi connectivity index (χ2v) is 14.4. The number of ether oxygens (including phenoxy) is 2. The average molecular weight is 802 g/mol. The van der Waals surface area contributed by atoms with E-state index in [9.17, 15) is 24.6 Å². The van der Waals surface area contributed by atoms with Crippen molar-refractivity contribution in [1.29, 1.82) is 0 Å². The Morgan fingerprint density at radius 2 is 1.30 bits per heavy atom. The lowest BCUT2D eigenvalue weighted by Gasteiger charge is -2.45. The summed E-state index contributed by atoms with van der Waals surface area (Å²) in [4.78, 5) is 45.2. The first-order valence-corrected chi connectivity index (χ1v) is 19.1. The molecule has 3 amide bonds. The third kappa shape index (κ3) is 14.4. The van der Waals surface area contributed by atoms with E-state index in [2.05, 4.69) is 25.9 Å². The van der Waals surface area contributed by atoms with Crippen LogP contribution in [-0.4, -0.2) is 137 Å². The van der Waals surface area contributed by atoms with Gasteiger partial charge in [-0.15, -0.1) is 0 Å². The van der Waals surface area contributed by atoms with Crippen molar-refractivity contribution in [2.45, 2.75) is 56.8 Å². The fourth-order valence-corrected chi connectivity index (χ4v) is 6.68. The van der Waals surface area contributed by atoms with Gasteiger partial charge in [-0.05, 0) is 61.1 Å².